The summed E-state index contributed by atoms with van der Waals surface area (Å²) < 4.78 is 14.6. The number of nitrogens with zero attached hydrogens (tertiary/aromatic N) is 1. The smallest absolute Gasteiger partial charge is 0.193 e. The Hall–Kier alpha value is -3.27. The van der Waals surface area contributed by atoms with Crippen LogP contribution in [-0.4, -0.2) is 96.1 Å². The highest BCUT2D eigenvalue weighted by molar-refractivity contribution is 5.91. The molecule has 0 fully saturated rings. The van der Waals surface area contributed by atoms with Gasteiger partial charge in [-0.2, -0.15) is 0 Å². The third kappa shape index (κ3) is 5.70. The number of aliphatic hydroxyl groups excluding tert-OH is 6. The summed E-state index contributed by atoms with van der Waals surface area (Å²) in [6.45, 7) is 2.02. The zero-order valence-electron chi connectivity index (χ0n) is 23.3. The molecule has 3 aromatic heterocycles. The van der Waals surface area contributed by atoms with Crippen LogP contribution in [0.5, 0.6) is 5.75 Å². The first kappa shape index (κ1) is 30.2. The molecule has 1 aliphatic heterocycles. The van der Waals surface area contributed by atoms with Crippen LogP contribution in [0.25, 0.3) is 27.6 Å². The first-order valence-corrected chi connectivity index (χ1v) is 13.7. The number of aromatic amines is 1. The molecule has 0 amide bonds. The van der Waals surface area contributed by atoms with Crippen molar-refractivity contribution in [2.24, 2.45) is 0 Å². The van der Waals surface area contributed by atoms with Crippen LogP contribution in [0.15, 0.2) is 46.0 Å². The second kappa shape index (κ2) is 12.1. The van der Waals surface area contributed by atoms with Crippen LogP contribution >= 0.6 is 0 Å². The molecular weight excluding hydrogens is 552 g/mol. The van der Waals surface area contributed by atoms with Crippen LogP contribution in [0, 0.1) is 6.92 Å². The number of fused-ring (bicyclic) bond motifs is 3. The summed E-state index contributed by atoms with van der Waals surface area (Å²) in [5.74, 6) is 0.919. The van der Waals surface area contributed by atoms with E-state index < -0.39 is 49.3 Å². The molecule has 5 rings (SSSR count). The molecule has 4 aromatic rings. The third-order valence-corrected chi connectivity index (χ3v) is 7.77. The Labute approximate surface area is 240 Å². The second-order valence-corrected chi connectivity index (χ2v) is 10.9. The van der Waals surface area contributed by atoms with E-state index in [4.69, 9.17) is 24.0 Å². The van der Waals surface area contributed by atoms with Crippen molar-refractivity contribution in [3.05, 3.63) is 58.3 Å². The summed E-state index contributed by atoms with van der Waals surface area (Å²) in [4.78, 5) is 27.2. The van der Waals surface area contributed by atoms with Gasteiger partial charge in [-0.15, -0.1) is 0 Å². The van der Waals surface area contributed by atoms with Crippen LogP contribution in [0.1, 0.15) is 31.1 Å². The quantitative estimate of drug-likeness (QED) is 0.0903. The largest absolute Gasteiger partial charge is 0.482 e. The third-order valence-electron chi connectivity index (χ3n) is 7.77. The van der Waals surface area contributed by atoms with E-state index in [1.165, 1.54) is 6.07 Å². The fourth-order valence-electron chi connectivity index (χ4n) is 5.35. The molecule has 1 aromatic carbocycles. The van der Waals surface area contributed by atoms with Gasteiger partial charge < -0.3 is 49.3 Å². The molecule has 6 unspecified atom stereocenters. The van der Waals surface area contributed by atoms with Crippen molar-refractivity contribution in [1.29, 1.82) is 0 Å². The Morgan fingerprint density at radius 3 is 2.62 bits per heavy atom. The van der Waals surface area contributed by atoms with Crippen LogP contribution < -0.4 is 10.2 Å². The van der Waals surface area contributed by atoms with Gasteiger partial charge in [-0.25, -0.2) is 9.78 Å². The monoisotopic (exact) mass is 588 g/mol. The molecule has 4 heterocycles. The van der Waals surface area contributed by atoms with E-state index in [0.29, 0.717) is 46.6 Å². The van der Waals surface area contributed by atoms with E-state index in [2.05, 4.69) is 4.98 Å². The summed E-state index contributed by atoms with van der Waals surface area (Å²) in [6.07, 6.45) is -1.16. The molecule has 0 saturated heterocycles. The van der Waals surface area contributed by atoms with Gasteiger partial charge >= 0.3 is 0 Å². The van der Waals surface area contributed by atoms with Crippen LogP contribution in [0.3, 0.4) is 0 Å². The van der Waals surface area contributed by atoms with Gasteiger partial charge in [0.15, 0.2) is 16.8 Å². The minimum absolute atomic E-state index is 0.101. The van der Waals surface area contributed by atoms with Crippen molar-refractivity contribution in [2.75, 3.05) is 19.8 Å². The fourth-order valence-corrected chi connectivity index (χ4v) is 5.35. The highest BCUT2D eigenvalue weighted by Gasteiger charge is 2.44. The van der Waals surface area contributed by atoms with Crippen molar-refractivity contribution in [1.82, 2.24) is 9.55 Å². The number of hydrogen-bond acceptors (Lipinski definition) is 11. The van der Waals surface area contributed by atoms with Gasteiger partial charge in [-0.3, -0.25) is 4.79 Å². The number of aromatic nitrogens is 2. The minimum Gasteiger partial charge on any atom is -0.482 e. The normalized spacial score (nSPS) is 21.7. The molecule has 0 spiro atoms. The maximum absolute atomic E-state index is 13.1. The molecule has 0 radical (unpaired) electrons. The maximum Gasteiger partial charge on any atom is 0.193 e. The number of aryl methyl sites for hydroxylation is 1. The van der Waals surface area contributed by atoms with Crippen molar-refractivity contribution in [3.63, 3.8) is 0 Å². The molecule has 1 aliphatic rings. The van der Waals surface area contributed by atoms with Crippen molar-refractivity contribution >= 4 is 21.9 Å². The Balaban J connectivity index is 1.50. The zero-order valence-corrected chi connectivity index (χ0v) is 23.3. The molecule has 0 saturated carbocycles. The predicted molar refractivity (Wildman–Crippen MR) is 149 cm³/mol. The summed E-state index contributed by atoms with van der Waals surface area (Å²) >= 11 is 0. The van der Waals surface area contributed by atoms with E-state index in [1.807, 2.05) is 29.2 Å². The number of aliphatic hydroxyl groups is 6. The summed E-state index contributed by atoms with van der Waals surface area (Å²) in [6, 6.07) is 5.04. The first-order chi connectivity index (χ1) is 20.1. The van der Waals surface area contributed by atoms with Crippen LogP contribution in [0.2, 0.25) is 0 Å². The SMILES string of the molecule is Cc1cc(=O)c2cc3c(c(-n4cc5cc[nH]c5c4)c2o1)OC(C)(CCCO)C(OOCC(O)C(O)C(O)C(O)CO)C3. The molecular formula is C29H36N2O11. The minimum atomic E-state index is -1.82. The molecule has 7 N–H and O–H groups in total. The molecule has 0 bridgehead atoms. The Morgan fingerprint density at radius 1 is 1.14 bits per heavy atom. The van der Waals surface area contributed by atoms with Crippen molar-refractivity contribution in [2.45, 2.75) is 69.2 Å². The number of nitrogens with one attached hydrogen (secondary N) is 1. The average molecular weight is 589 g/mol. The number of ether oxygens (including phenoxy) is 1. The van der Waals surface area contributed by atoms with Gasteiger partial charge in [-0.05, 0) is 38.8 Å². The van der Waals surface area contributed by atoms with E-state index in [-0.39, 0.29) is 18.5 Å². The van der Waals surface area contributed by atoms with Gasteiger partial charge in [-0.1, -0.05) is 0 Å². The van der Waals surface area contributed by atoms with Gasteiger partial charge in [0, 0.05) is 48.6 Å². The predicted octanol–water partition coefficient (Wildman–Crippen LogP) is 0.592. The molecule has 0 aliphatic carbocycles. The molecule has 228 valence electrons. The second-order valence-electron chi connectivity index (χ2n) is 10.9. The fraction of sp³-hybridized carbons (Fsp3) is 0.483. The number of hydrogen-bond donors (Lipinski definition) is 7. The summed E-state index contributed by atoms with van der Waals surface area (Å²) in [5.41, 5.74) is 1.14. The van der Waals surface area contributed by atoms with Crippen molar-refractivity contribution in [3.8, 4) is 11.4 Å². The lowest BCUT2D eigenvalue weighted by atomic mass is 9.85. The highest BCUT2D eigenvalue weighted by atomic mass is 17.2. The van der Waals surface area contributed by atoms with Gasteiger partial charge in [0.1, 0.15) is 54.2 Å². The topological polar surface area (TPSA) is 200 Å². The lowest BCUT2D eigenvalue weighted by Crippen LogP contribution is -2.51. The molecule has 13 nitrogen and oxygen atoms in total. The van der Waals surface area contributed by atoms with Crippen molar-refractivity contribution < 1.29 is 49.6 Å². The van der Waals surface area contributed by atoms with Crippen LogP contribution in [-0.2, 0) is 16.2 Å². The zero-order chi connectivity index (χ0) is 30.2. The van der Waals surface area contributed by atoms with Gasteiger partial charge in [0.25, 0.3) is 0 Å². The summed E-state index contributed by atoms with van der Waals surface area (Å²) in [5, 5.41) is 59.7. The first-order valence-electron chi connectivity index (χ1n) is 13.7. The molecule has 6 atom stereocenters. The Kier molecular flexibility index (Phi) is 8.73. The van der Waals surface area contributed by atoms with E-state index in [0.717, 1.165) is 10.9 Å². The Bertz CT molecular complexity index is 1570. The number of rotatable bonds is 12. The summed E-state index contributed by atoms with van der Waals surface area (Å²) in [7, 11) is 0. The Morgan fingerprint density at radius 2 is 1.90 bits per heavy atom. The lowest BCUT2D eigenvalue weighted by molar-refractivity contribution is -0.360. The maximum atomic E-state index is 13.1. The highest BCUT2D eigenvalue weighted by Crippen LogP contribution is 2.44. The van der Waals surface area contributed by atoms with Crippen LogP contribution in [0.4, 0.5) is 0 Å². The van der Waals surface area contributed by atoms with E-state index >= 15 is 0 Å². The standard InChI is InChI=1S/C29H36N2O11/c1-15-8-20(34)18-9-17-10-23(42-39-14-22(36)26(38)25(37)21(35)13-33)29(2,5-3-7-32)41-27(17)24(28(18)40-15)31-11-16-4-6-30-19(16)12-31/h4,6,8-9,11-12,21-23,25-26,30,32-33,35-38H,3,5,7,10,13-14H2,1-2H3. The van der Waals surface area contributed by atoms with Gasteiger partial charge in [0.05, 0.1) is 17.5 Å². The average Bonchev–Trinajstić information content (AvgIpc) is 3.57. The van der Waals surface area contributed by atoms with E-state index in [9.17, 15) is 30.3 Å². The lowest BCUT2D eigenvalue weighted by Gasteiger charge is -2.42. The number of H-pyrrole nitrogens is 1. The number of benzene rings is 1. The van der Waals surface area contributed by atoms with Gasteiger partial charge in [0.2, 0.25) is 0 Å². The van der Waals surface area contributed by atoms with E-state index in [1.54, 1.807) is 19.9 Å². The molecule has 42 heavy (non-hydrogen) atoms. The molecule has 13 heteroatoms.